The van der Waals surface area contributed by atoms with Crippen LogP contribution in [0.15, 0.2) is 95.3 Å². The van der Waals surface area contributed by atoms with Crippen LogP contribution in [0.3, 0.4) is 0 Å². The number of amides is 2. The highest BCUT2D eigenvalue weighted by atomic mass is 32.1. The van der Waals surface area contributed by atoms with E-state index in [9.17, 15) is 9.59 Å². The van der Waals surface area contributed by atoms with Gasteiger partial charge in [0.1, 0.15) is 5.69 Å². The lowest BCUT2D eigenvalue weighted by Crippen LogP contribution is -2.47. The number of nitrogens with one attached hydrogen (secondary N) is 2. The molecule has 9 heteroatoms. The van der Waals surface area contributed by atoms with Crippen molar-refractivity contribution in [2.45, 2.75) is 12.7 Å². The number of carbonyl (C=O) groups is 2. The predicted molar refractivity (Wildman–Crippen MR) is 146 cm³/mol. The Bertz CT molecular complexity index is 1620. The van der Waals surface area contributed by atoms with Gasteiger partial charge in [0.25, 0.3) is 11.8 Å². The van der Waals surface area contributed by atoms with Crippen molar-refractivity contribution < 1.29 is 9.59 Å². The van der Waals surface area contributed by atoms with E-state index in [0.717, 1.165) is 22.0 Å². The molecular weight excluding hydrogens is 484 g/mol. The Labute approximate surface area is 216 Å². The number of fused-ring (bicyclic) bond motifs is 2. The van der Waals surface area contributed by atoms with Crippen molar-refractivity contribution in [2.24, 2.45) is 4.99 Å². The van der Waals surface area contributed by atoms with Gasteiger partial charge in [-0.15, -0.1) is 11.3 Å². The van der Waals surface area contributed by atoms with Crippen molar-refractivity contribution in [3.8, 4) is 0 Å². The number of carbonyl (C=O) groups excluding carboxylic acids is 2. The zero-order valence-electron chi connectivity index (χ0n) is 19.6. The molecule has 1 atom stereocenters. The Kier molecular flexibility index (Phi) is 5.74. The largest absolute Gasteiger partial charge is 0.375 e. The zero-order valence-corrected chi connectivity index (χ0v) is 20.4. The van der Waals surface area contributed by atoms with Crippen molar-refractivity contribution in [3.63, 3.8) is 0 Å². The Morgan fingerprint density at radius 2 is 1.78 bits per heavy atom. The molecule has 2 aromatic heterocycles. The number of thiazole rings is 1. The van der Waals surface area contributed by atoms with Crippen LogP contribution < -0.4 is 16.0 Å². The first-order valence-corrected chi connectivity index (χ1v) is 12.6. The first-order chi connectivity index (χ1) is 18.1. The van der Waals surface area contributed by atoms with E-state index in [4.69, 9.17) is 10.7 Å². The van der Waals surface area contributed by atoms with Gasteiger partial charge in [-0.1, -0.05) is 66.7 Å². The number of aromatic nitrogens is 2. The van der Waals surface area contributed by atoms with Gasteiger partial charge in [-0.3, -0.25) is 9.59 Å². The summed E-state index contributed by atoms with van der Waals surface area (Å²) in [7, 11) is 0. The standard InChI is InChI=1S/C28H22N6O2S/c29-28-30-19(16-37-28)15-34-23-13-7-5-11-20(23)24(17-8-2-1-3-9-17)32-25(27(34)36)33-26(35)22-14-18-10-4-6-12-21(18)31-22/h1-14,16,25,31H,15H2,(H2,29,30)(H,33,35). The number of rotatable bonds is 5. The van der Waals surface area contributed by atoms with Crippen molar-refractivity contribution in [1.29, 1.82) is 0 Å². The molecule has 0 radical (unpaired) electrons. The van der Waals surface area contributed by atoms with Crippen LogP contribution >= 0.6 is 11.3 Å². The summed E-state index contributed by atoms with van der Waals surface area (Å²) in [6.45, 7) is 0.194. The quantitative estimate of drug-likeness (QED) is 0.329. The van der Waals surface area contributed by atoms with Crippen LogP contribution in [0.1, 0.15) is 27.3 Å². The second kappa shape index (κ2) is 9.36. The van der Waals surface area contributed by atoms with E-state index in [-0.39, 0.29) is 12.5 Å². The third kappa shape index (κ3) is 4.36. The van der Waals surface area contributed by atoms with Crippen molar-refractivity contribution >= 4 is 50.6 Å². The van der Waals surface area contributed by atoms with E-state index in [1.165, 1.54) is 11.3 Å². The molecule has 1 unspecified atom stereocenters. The number of benzodiazepines with no additional fused rings is 1. The monoisotopic (exact) mass is 506 g/mol. The summed E-state index contributed by atoms with van der Waals surface area (Å²) >= 11 is 1.31. The molecule has 0 saturated heterocycles. The maximum Gasteiger partial charge on any atom is 0.272 e. The van der Waals surface area contributed by atoms with E-state index < -0.39 is 12.1 Å². The fourth-order valence-electron chi connectivity index (χ4n) is 4.47. The number of anilines is 2. The summed E-state index contributed by atoms with van der Waals surface area (Å²) in [4.78, 5) is 41.2. The van der Waals surface area contributed by atoms with E-state index in [0.29, 0.717) is 27.9 Å². The van der Waals surface area contributed by atoms with Gasteiger partial charge in [0.15, 0.2) is 5.13 Å². The minimum atomic E-state index is -1.16. The summed E-state index contributed by atoms with van der Waals surface area (Å²) in [5.41, 5.74) is 10.6. The second-order valence-electron chi connectivity index (χ2n) is 8.61. The normalized spacial score (nSPS) is 15.2. The molecule has 0 saturated carbocycles. The average Bonchev–Trinajstić information content (AvgIpc) is 3.53. The summed E-state index contributed by atoms with van der Waals surface area (Å²) in [6.07, 6.45) is -1.16. The number of H-pyrrole nitrogens is 1. The van der Waals surface area contributed by atoms with Gasteiger partial charge < -0.3 is 20.9 Å². The third-order valence-corrected chi connectivity index (χ3v) is 6.91. The maximum atomic E-state index is 14.0. The van der Waals surface area contributed by atoms with Crippen LogP contribution in [-0.4, -0.2) is 33.7 Å². The highest BCUT2D eigenvalue weighted by Crippen LogP contribution is 2.30. The fourth-order valence-corrected chi connectivity index (χ4v) is 5.02. The van der Waals surface area contributed by atoms with Gasteiger partial charge >= 0.3 is 0 Å². The topological polar surface area (TPSA) is 116 Å². The minimum Gasteiger partial charge on any atom is -0.375 e. The molecule has 2 amide bonds. The predicted octanol–water partition coefficient (Wildman–Crippen LogP) is 4.35. The molecule has 0 bridgehead atoms. The SMILES string of the molecule is Nc1nc(CN2C(=O)C(NC(=O)c3cc4ccccc4[nH]3)N=C(c3ccccc3)c3ccccc32)cs1. The van der Waals surface area contributed by atoms with Crippen molar-refractivity contribution in [3.05, 3.63) is 113 Å². The number of nitrogen functional groups attached to an aromatic ring is 1. The number of aliphatic imine (C=N–C) groups is 1. The van der Waals surface area contributed by atoms with E-state index in [1.807, 2.05) is 84.2 Å². The number of nitrogens with zero attached hydrogens (tertiary/aromatic N) is 3. The van der Waals surface area contributed by atoms with Gasteiger partial charge in [0.2, 0.25) is 6.17 Å². The molecule has 8 nitrogen and oxygen atoms in total. The molecule has 0 aliphatic carbocycles. The molecule has 6 rings (SSSR count). The minimum absolute atomic E-state index is 0.194. The highest BCUT2D eigenvalue weighted by molar-refractivity contribution is 7.13. The Hall–Kier alpha value is -4.76. The summed E-state index contributed by atoms with van der Waals surface area (Å²) in [5, 5.41) is 6.01. The third-order valence-electron chi connectivity index (χ3n) is 6.19. The van der Waals surface area contributed by atoms with Gasteiger partial charge in [-0.25, -0.2) is 9.98 Å². The molecule has 37 heavy (non-hydrogen) atoms. The van der Waals surface area contributed by atoms with E-state index in [2.05, 4.69) is 15.3 Å². The summed E-state index contributed by atoms with van der Waals surface area (Å²) < 4.78 is 0. The molecule has 3 aromatic carbocycles. The number of benzene rings is 3. The molecule has 1 aliphatic rings. The summed E-state index contributed by atoms with van der Waals surface area (Å²) in [5.74, 6) is -0.788. The van der Waals surface area contributed by atoms with Crippen LogP contribution in [0.4, 0.5) is 10.8 Å². The van der Waals surface area contributed by atoms with E-state index >= 15 is 0 Å². The molecule has 0 spiro atoms. The van der Waals surface area contributed by atoms with E-state index in [1.54, 1.807) is 11.0 Å². The lowest BCUT2D eigenvalue weighted by Gasteiger charge is -2.24. The van der Waals surface area contributed by atoms with Crippen molar-refractivity contribution in [1.82, 2.24) is 15.3 Å². The fraction of sp³-hybridized carbons (Fsp3) is 0.0714. The number of para-hydroxylation sites is 2. The van der Waals surface area contributed by atoms with Crippen LogP contribution in [-0.2, 0) is 11.3 Å². The number of nitrogens with two attached hydrogens (primary N) is 1. The zero-order chi connectivity index (χ0) is 25.4. The lowest BCUT2D eigenvalue weighted by molar-refractivity contribution is -0.120. The molecular formula is C28H22N6O2S. The molecule has 182 valence electrons. The Balaban J connectivity index is 1.44. The average molecular weight is 507 g/mol. The lowest BCUT2D eigenvalue weighted by atomic mass is 10.0. The summed E-state index contributed by atoms with van der Waals surface area (Å²) in [6, 6.07) is 26.6. The van der Waals surface area contributed by atoms with Gasteiger partial charge in [-0.05, 0) is 18.2 Å². The Morgan fingerprint density at radius 1 is 1.03 bits per heavy atom. The smallest absolute Gasteiger partial charge is 0.272 e. The number of hydrogen-bond acceptors (Lipinski definition) is 6. The number of hydrogen-bond donors (Lipinski definition) is 3. The van der Waals surface area contributed by atoms with Crippen LogP contribution in [0.25, 0.3) is 10.9 Å². The highest BCUT2D eigenvalue weighted by Gasteiger charge is 2.33. The van der Waals surface area contributed by atoms with Gasteiger partial charge in [0.05, 0.1) is 23.6 Å². The molecule has 1 aliphatic heterocycles. The first kappa shape index (κ1) is 22.7. The molecule has 3 heterocycles. The molecule has 0 fully saturated rings. The molecule has 4 N–H and O–H groups in total. The number of aromatic amines is 1. The van der Waals surface area contributed by atoms with Crippen LogP contribution in [0.5, 0.6) is 0 Å². The van der Waals surface area contributed by atoms with Crippen LogP contribution in [0.2, 0.25) is 0 Å². The van der Waals surface area contributed by atoms with Crippen LogP contribution in [0, 0.1) is 0 Å². The van der Waals surface area contributed by atoms with Crippen molar-refractivity contribution in [2.75, 3.05) is 10.6 Å². The first-order valence-electron chi connectivity index (χ1n) is 11.7. The molecule has 5 aromatic rings. The Morgan fingerprint density at radius 3 is 2.57 bits per heavy atom. The van der Waals surface area contributed by atoms with Gasteiger partial charge in [-0.2, -0.15) is 0 Å². The maximum absolute atomic E-state index is 14.0. The second-order valence-corrected chi connectivity index (χ2v) is 9.50. The van der Waals surface area contributed by atoms with Gasteiger partial charge in [0, 0.05) is 27.4 Å².